The van der Waals surface area contributed by atoms with E-state index in [4.69, 9.17) is 16.3 Å². The molecule has 2 amide bonds. The van der Waals surface area contributed by atoms with Gasteiger partial charge in [0.05, 0.1) is 17.0 Å². The van der Waals surface area contributed by atoms with E-state index in [1.807, 2.05) is 0 Å². The summed E-state index contributed by atoms with van der Waals surface area (Å²) in [6.07, 6.45) is -0.564. The van der Waals surface area contributed by atoms with Gasteiger partial charge in [-0.1, -0.05) is 25.4 Å². The average Bonchev–Trinajstić information content (AvgIpc) is 2.98. The van der Waals surface area contributed by atoms with Gasteiger partial charge in [-0.2, -0.15) is 0 Å². The molecule has 0 saturated carbocycles. The topological polar surface area (TPSA) is 106 Å². The van der Waals surface area contributed by atoms with E-state index in [9.17, 15) is 28.0 Å². The third kappa shape index (κ3) is 7.00. The van der Waals surface area contributed by atoms with Crippen LogP contribution in [0.4, 0.5) is 8.78 Å². The number of alkyl halides is 1. The molecule has 0 aliphatic heterocycles. The molecular weight excluding hydrogens is 484 g/mol. The summed E-state index contributed by atoms with van der Waals surface area (Å²) >= 11 is 6.34. The number of amides is 2. The molecule has 0 spiro atoms. The van der Waals surface area contributed by atoms with Crippen molar-refractivity contribution in [1.82, 2.24) is 15.2 Å². The minimum Gasteiger partial charge on any atom is -0.460 e. The molecule has 0 bridgehead atoms. The second-order valence-corrected chi connectivity index (χ2v) is 9.91. The van der Waals surface area contributed by atoms with E-state index in [-0.39, 0.29) is 10.7 Å². The van der Waals surface area contributed by atoms with E-state index in [0.29, 0.717) is 10.9 Å². The minimum absolute atomic E-state index is 0.0101. The number of hydrogen-bond donors (Lipinski definition) is 2. The van der Waals surface area contributed by atoms with Crippen LogP contribution >= 0.6 is 11.6 Å². The molecule has 1 aromatic heterocycles. The SMILES string of the molecule is CC(C)[C@H](NC(=O)c1c(Cl)c2cc(F)ccc2n1C)C(=O)NC(CC(=O)OC(C)(C)C)C(=O)CF. The average molecular weight is 514 g/mol. The Morgan fingerprint density at radius 1 is 1.14 bits per heavy atom. The van der Waals surface area contributed by atoms with Crippen molar-refractivity contribution < 1.29 is 32.7 Å². The number of rotatable bonds is 9. The van der Waals surface area contributed by atoms with Crippen LogP contribution in [0.2, 0.25) is 5.02 Å². The van der Waals surface area contributed by atoms with Crippen LogP contribution in [0.5, 0.6) is 0 Å². The number of Topliss-reactive ketones (excluding diaryl/α,β-unsaturated/α-hetero) is 1. The predicted molar refractivity (Wildman–Crippen MR) is 127 cm³/mol. The van der Waals surface area contributed by atoms with E-state index in [2.05, 4.69) is 10.6 Å². The van der Waals surface area contributed by atoms with Crippen LogP contribution in [0.3, 0.4) is 0 Å². The summed E-state index contributed by atoms with van der Waals surface area (Å²) < 4.78 is 33.4. The maximum absolute atomic E-state index is 13.7. The maximum atomic E-state index is 13.7. The zero-order valence-corrected chi connectivity index (χ0v) is 21.3. The van der Waals surface area contributed by atoms with Crippen LogP contribution in [0.25, 0.3) is 10.9 Å². The Kier molecular flexibility index (Phi) is 9.00. The van der Waals surface area contributed by atoms with Crippen molar-refractivity contribution in [1.29, 1.82) is 0 Å². The third-order valence-electron chi connectivity index (χ3n) is 5.18. The Labute approximate surface area is 207 Å². The molecule has 0 fully saturated rings. The number of carbonyl (C=O) groups is 4. The van der Waals surface area contributed by atoms with Crippen LogP contribution in [0, 0.1) is 11.7 Å². The summed E-state index contributed by atoms with van der Waals surface area (Å²) in [5.41, 5.74) is -0.312. The van der Waals surface area contributed by atoms with Gasteiger partial charge in [-0.3, -0.25) is 19.2 Å². The van der Waals surface area contributed by atoms with Gasteiger partial charge in [0.15, 0.2) is 5.78 Å². The maximum Gasteiger partial charge on any atom is 0.308 e. The van der Waals surface area contributed by atoms with Crippen LogP contribution in [-0.4, -0.2) is 52.5 Å². The summed E-state index contributed by atoms with van der Waals surface area (Å²) in [4.78, 5) is 50.3. The lowest BCUT2D eigenvalue weighted by atomic mass is 10.0. The number of ketones is 1. The van der Waals surface area contributed by atoms with Crippen molar-refractivity contribution in [2.24, 2.45) is 13.0 Å². The van der Waals surface area contributed by atoms with Gasteiger partial charge < -0.3 is 19.9 Å². The Bertz CT molecular complexity index is 1140. The van der Waals surface area contributed by atoms with Crippen LogP contribution in [0.15, 0.2) is 18.2 Å². The normalized spacial score (nSPS) is 13.4. The molecule has 2 aromatic rings. The molecule has 35 heavy (non-hydrogen) atoms. The second kappa shape index (κ2) is 11.2. The zero-order chi connectivity index (χ0) is 26.7. The van der Waals surface area contributed by atoms with Crippen molar-refractivity contribution in [3.63, 3.8) is 0 Å². The highest BCUT2D eigenvalue weighted by molar-refractivity contribution is 6.38. The fourth-order valence-electron chi connectivity index (χ4n) is 3.52. The first-order valence-electron chi connectivity index (χ1n) is 11.0. The van der Waals surface area contributed by atoms with Crippen molar-refractivity contribution in [3.05, 3.63) is 34.7 Å². The number of hydrogen-bond acceptors (Lipinski definition) is 5. The number of benzene rings is 1. The zero-order valence-electron chi connectivity index (χ0n) is 20.5. The lowest BCUT2D eigenvalue weighted by Gasteiger charge is -2.25. The second-order valence-electron chi connectivity index (χ2n) is 9.53. The highest BCUT2D eigenvalue weighted by Crippen LogP contribution is 2.30. The van der Waals surface area contributed by atoms with Gasteiger partial charge in [0, 0.05) is 12.4 Å². The first kappa shape index (κ1) is 28.2. The molecule has 2 N–H and O–H groups in total. The predicted octanol–water partition coefficient (Wildman–Crippen LogP) is 3.48. The molecule has 0 saturated heterocycles. The fraction of sp³-hybridized carbons (Fsp3) is 0.500. The van der Waals surface area contributed by atoms with Crippen molar-refractivity contribution >= 4 is 46.1 Å². The molecule has 0 radical (unpaired) electrons. The molecule has 8 nitrogen and oxygen atoms in total. The van der Waals surface area contributed by atoms with Crippen LogP contribution in [-0.2, 0) is 26.2 Å². The molecule has 0 aliphatic carbocycles. The molecule has 1 aromatic carbocycles. The highest BCUT2D eigenvalue weighted by atomic mass is 35.5. The largest absolute Gasteiger partial charge is 0.460 e. The number of ether oxygens (including phenoxy) is 1. The quantitative estimate of drug-likeness (QED) is 0.499. The van der Waals surface area contributed by atoms with Crippen LogP contribution < -0.4 is 10.6 Å². The van der Waals surface area contributed by atoms with Crippen molar-refractivity contribution in [2.75, 3.05) is 6.67 Å². The molecule has 0 aliphatic rings. The standard InChI is InChI=1S/C24H30ClF2N3O5/c1-12(2)20(22(33)28-15(17(31)11-26)10-18(32)35-24(3,4)5)29-23(34)21-19(25)14-9-13(27)7-8-16(14)30(21)6/h7-9,12,15,20H,10-11H2,1-6H3,(H,28,33)(H,29,34)/t15?,20-/m0/s1. The molecule has 11 heteroatoms. The monoisotopic (exact) mass is 513 g/mol. The lowest BCUT2D eigenvalue weighted by Crippen LogP contribution is -2.54. The van der Waals surface area contributed by atoms with Gasteiger partial charge in [0.1, 0.15) is 35.9 Å². The van der Waals surface area contributed by atoms with Gasteiger partial charge in [0.2, 0.25) is 5.91 Å². The first-order valence-corrected chi connectivity index (χ1v) is 11.4. The molecule has 1 heterocycles. The number of fused-ring (bicyclic) bond motifs is 1. The van der Waals surface area contributed by atoms with E-state index in [1.165, 1.54) is 22.8 Å². The highest BCUT2D eigenvalue weighted by Gasteiger charge is 2.32. The van der Waals surface area contributed by atoms with E-state index >= 15 is 0 Å². The molecule has 1 unspecified atom stereocenters. The van der Waals surface area contributed by atoms with Gasteiger partial charge >= 0.3 is 5.97 Å². The van der Waals surface area contributed by atoms with Gasteiger partial charge in [-0.15, -0.1) is 0 Å². The summed E-state index contributed by atoms with van der Waals surface area (Å²) in [5, 5.41) is 5.27. The summed E-state index contributed by atoms with van der Waals surface area (Å²) in [6, 6.07) is 1.29. The number of nitrogens with zero attached hydrogens (tertiary/aromatic N) is 1. The van der Waals surface area contributed by atoms with Crippen molar-refractivity contribution in [2.45, 2.75) is 58.7 Å². The molecule has 2 rings (SSSR count). The Morgan fingerprint density at radius 3 is 2.31 bits per heavy atom. The summed E-state index contributed by atoms with van der Waals surface area (Å²) in [5.74, 6) is -4.26. The van der Waals surface area contributed by atoms with Crippen molar-refractivity contribution in [3.8, 4) is 0 Å². The number of carbonyl (C=O) groups excluding carboxylic acids is 4. The Morgan fingerprint density at radius 2 is 1.77 bits per heavy atom. The number of aryl methyl sites for hydroxylation is 1. The van der Waals surface area contributed by atoms with Gasteiger partial charge in [-0.05, 0) is 44.9 Å². The van der Waals surface area contributed by atoms with Crippen LogP contribution in [0.1, 0.15) is 51.5 Å². The van der Waals surface area contributed by atoms with E-state index < -0.39 is 66.1 Å². The Balaban J connectivity index is 2.26. The number of esters is 1. The van der Waals surface area contributed by atoms with Gasteiger partial charge in [-0.25, -0.2) is 8.78 Å². The number of nitrogens with one attached hydrogen (secondary N) is 2. The first-order chi connectivity index (χ1) is 16.2. The van der Waals surface area contributed by atoms with E-state index in [1.54, 1.807) is 41.7 Å². The lowest BCUT2D eigenvalue weighted by molar-refractivity contribution is -0.156. The Hall–Kier alpha value is -3.01. The van der Waals surface area contributed by atoms with E-state index in [0.717, 1.165) is 0 Å². The number of halogens is 3. The molecule has 192 valence electrons. The number of aromatic nitrogens is 1. The fourth-order valence-corrected chi connectivity index (χ4v) is 3.88. The minimum atomic E-state index is -1.47. The summed E-state index contributed by atoms with van der Waals surface area (Å²) in [7, 11) is 1.57. The third-order valence-corrected chi connectivity index (χ3v) is 5.56. The molecular formula is C24H30ClF2N3O5. The smallest absolute Gasteiger partial charge is 0.308 e. The molecule has 2 atom stereocenters. The summed E-state index contributed by atoms with van der Waals surface area (Å²) in [6.45, 7) is 6.81. The van der Waals surface area contributed by atoms with Gasteiger partial charge in [0.25, 0.3) is 5.91 Å².